The first-order valence-electron chi connectivity index (χ1n) is 4.98. The largest absolute Gasteiger partial charge is 0.464 e. The van der Waals surface area contributed by atoms with E-state index in [1.165, 1.54) is 0 Å². The molecule has 0 heterocycles. The minimum atomic E-state index is -1.90. The van der Waals surface area contributed by atoms with E-state index in [0.29, 0.717) is 15.1 Å². The van der Waals surface area contributed by atoms with Crippen LogP contribution in [0, 0.1) is 0 Å². The Kier molecular flexibility index (Phi) is 5.36. The second kappa shape index (κ2) is 6.33. The molecule has 0 radical (unpaired) electrons. The van der Waals surface area contributed by atoms with Crippen LogP contribution in [-0.2, 0) is 9.53 Å². The third-order valence-corrected chi connectivity index (χ3v) is 3.07. The standard InChI is InChI=1S/C11H12BrClFNO2/c1-2-17-11(16)9(14)10(15)7-4-3-6(13)5-8(7)12/h3-5,9-10H,2,15H2,1H3/t9?,10-/m1/s1. The van der Waals surface area contributed by atoms with Gasteiger partial charge in [-0.25, -0.2) is 9.18 Å². The van der Waals surface area contributed by atoms with Gasteiger partial charge in [0, 0.05) is 9.50 Å². The first kappa shape index (κ1) is 14.4. The lowest BCUT2D eigenvalue weighted by Gasteiger charge is -2.17. The average Bonchev–Trinajstić information content (AvgIpc) is 2.27. The highest BCUT2D eigenvalue weighted by atomic mass is 79.9. The Hall–Kier alpha value is -0.650. The van der Waals surface area contributed by atoms with E-state index in [2.05, 4.69) is 20.7 Å². The SMILES string of the molecule is CCOC(=O)C(F)[C@H](N)c1ccc(Cl)cc1Br. The van der Waals surface area contributed by atoms with Gasteiger partial charge in [-0.15, -0.1) is 0 Å². The van der Waals surface area contributed by atoms with Crippen molar-refractivity contribution >= 4 is 33.5 Å². The molecule has 0 aliphatic heterocycles. The Morgan fingerprint density at radius 2 is 2.29 bits per heavy atom. The fourth-order valence-electron chi connectivity index (χ4n) is 1.30. The zero-order chi connectivity index (χ0) is 13.0. The van der Waals surface area contributed by atoms with E-state index in [1.807, 2.05) is 0 Å². The molecular formula is C11H12BrClFNO2. The third-order valence-electron chi connectivity index (χ3n) is 2.15. The Morgan fingerprint density at radius 3 is 2.82 bits per heavy atom. The normalized spacial score (nSPS) is 14.2. The number of halogens is 3. The number of esters is 1. The van der Waals surface area contributed by atoms with E-state index in [-0.39, 0.29) is 6.61 Å². The van der Waals surface area contributed by atoms with Crippen molar-refractivity contribution in [3.8, 4) is 0 Å². The van der Waals surface area contributed by atoms with Crippen LogP contribution in [0.1, 0.15) is 18.5 Å². The molecule has 0 aromatic heterocycles. The molecule has 0 saturated heterocycles. The molecule has 2 atom stereocenters. The quantitative estimate of drug-likeness (QED) is 0.866. The molecule has 0 amide bonds. The Labute approximate surface area is 112 Å². The van der Waals surface area contributed by atoms with Gasteiger partial charge in [0.15, 0.2) is 0 Å². The van der Waals surface area contributed by atoms with Gasteiger partial charge in [0.2, 0.25) is 6.17 Å². The van der Waals surface area contributed by atoms with E-state index in [1.54, 1.807) is 25.1 Å². The van der Waals surface area contributed by atoms with Crippen molar-refractivity contribution in [3.05, 3.63) is 33.3 Å². The van der Waals surface area contributed by atoms with Crippen molar-refractivity contribution < 1.29 is 13.9 Å². The molecule has 0 aliphatic rings. The van der Waals surface area contributed by atoms with Gasteiger partial charge < -0.3 is 10.5 Å². The van der Waals surface area contributed by atoms with Gasteiger partial charge in [0.1, 0.15) is 0 Å². The van der Waals surface area contributed by atoms with Crippen molar-refractivity contribution in [1.29, 1.82) is 0 Å². The summed E-state index contributed by atoms with van der Waals surface area (Å²) < 4.78 is 18.8. The summed E-state index contributed by atoms with van der Waals surface area (Å²) in [7, 11) is 0. The molecule has 1 aromatic carbocycles. The van der Waals surface area contributed by atoms with Crippen LogP contribution in [0.25, 0.3) is 0 Å². The van der Waals surface area contributed by atoms with Gasteiger partial charge in [-0.05, 0) is 24.6 Å². The Bertz CT molecular complexity index is 416. The smallest absolute Gasteiger partial charge is 0.342 e. The summed E-state index contributed by atoms with van der Waals surface area (Å²) in [6, 6.07) is 3.66. The number of ether oxygens (including phenoxy) is 1. The fourth-order valence-corrected chi connectivity index (χ4v) is 2.24. The number of rotatable bonds is 4. The molecule has 0 fully saturated rings. The second-order valence-corrected chi connectivity index (χ2v) is 4.64. The lowest BCUT2D eigenvalue weighted by atomic mass is 10.0. The highest BCUT2D eigenvalue weighted by Crippen LogP contribution is 2.28. The molecule has 0 bridgehead atoms. The van der Waals surface area contributed by atoms with E-state index in [9.17, 15) is 9.18 Å². The van der Waals surface area contributed by atoms with Gasteiger partial charge in [0.05, 0.1) is 12.6 Å². The van der Waals surface area contributed by atoms with E-state index >= 15 is 0 Å². The Balaban J connectivity index is 2.88. The molecule has 0 saturated carbocycles. The molecule has 1 aromatic rings. The number of carbonyl (C=O) groups is 1. The van der Waals surface area contributed by atoms with E-state index in [0.717, 1.165) is 0 Å². The zero-order valence-electron chi connectivity index (χ0n) is 9.12. The Morgan fingerprint density at radius 1 is 1.65 bits per heavy atom. The van der Waals surface area contributed by atoms with Crippen LogP contribution in [0.3, 0.4) is 0 Å². The predicted molar refractivity (Wildman–Crippen MR) is 67.6 cm³/mol. The van der Waals surface area contributed by atoms with E-state index < -0.39 is 18.2 Å². The first-order valence-corrected chi connectivity index (χ1v) is 6.15. The summed E-state index contributed by atoms with van der Waals surface area (Å²) in [4.78, 5) is 11.2. The van der Waals surface area contributed by atoms with Gasteiger partial charge >= 0.3 is 5.97 Å². The van der Waals surface area contributed by atoms with Gasteiger partial charge in [-0.1, -0.05) is 33.6 Å². The molecule has 94 valence electrons. The van der Waals surface area contributed by atoms with Crippen LogP contribution in [-0.4, -0.2) is 18.7 Å². The van der Waals surface area contributed by atoms with Crippen molar-refractivity contribution in [2.75, 3.05) is 6.61 Å². The molecule has 2 N–H and O–H groups in total. The summed E-state index contributed by atoms with van der Waals surface area (Å²) in [5.74, 6) is -0.957. The third kappa shape index (κ3) is 3.66. The van der Waals surface area contributed by atoms with Crippen LogP contribution < -0.4 is 5.73 Å². The van der Waals surface area contributed by atoms with Crippen molar-refractivity contribution in [2.24, 2.45) is 5.73 Å². The first-order chi connectivity index (χ1) is 7.97. The second-order valence-electron chi connectivity index (χ2n) is 3.35. The van der Waals surface area contributed by atoms with E-state index in [4.69, 9.17) is 17.3 Å². The summed E-state index contributed by atoms with van der Waals surface area (Å²) in [6.07, 6.45) is -1.90. The lowest BCUT2D eigenvalue weighted by molar-refractivity contribution is -0.149. The fraction of sp³-hybridized carbons (Fsp3) is 0.364. The number of benzene rings is 1. The topological polar surface area (TPSA) is 52.3 Å². The number of carbonyl (C=O) groups excluding carboxylic acids is 1. The number of hydrogen-bond acceptors (Lipinski definition) is 3. The molecule has 0 spiro atoms. The molecule has 6 heteroatoms. The molecule has 17 heavy (non-hydrogen) atoms. The monoisotopic (exact) mass is 323 g/mol. The molecule has 1 unspecified atom stereocenters. The van der Waals surface area contributed by atoms with Gasteiger partial charge in [0.25, 0.3) is 0 Å². The highest BCUT2D eigenvalue weighted by molar-refractivity contribution is 9.10. The lowest BCUT2D eigenvalue weighted by Crippen LogP contribution is -2.31. The highest BCUT2D eigenvalue weighted by Gasteiger charge is 2.28. The minimum absolute atomic E-state index is 0.119. The molecule has 1 rings (SSSR count). The summed E-state index contributed by atoms with van der Waals surface area (Å²) in [5, 5.41) is 0.499. The average molecular weight is 325 g/mol. The zero-order valence-corrected chi connectivity index (χ0v) is 11.5. The maximum absolute atomic E-state index is 13.7. The van der Waals surface area contributed by atoms with Crippen LogP contribution in [0.15, 0.2) is 22.7 Å². The van der Waals surface area contributed by atoms with Gasteiger partial charge in [-0.2, -0.15) is 0 Å². The van der Waals surface area contributed by atoms with Crippen LogP contribution in [0.2, 0.25) is 5.02 Å². The number of hydrogen-bond donors (Lipinski definition) is 1. The molecular weight excluding hydrogens is 312 g/mol. The maximum atomic E-state index is 13.7. The van der Waals surface area contributed by atoms with Crippen molar-refractivity contribution in [2.45, 2.75) is 19.1 Å². The molecule has 0 aliphatic carbocycles. The predicted octanol–water partition coefficient (Wildman–Crippen LogP) is 3.00. The maximum Gasteiger partial charge on any atom is 0.342 e. The summed E-state index contributed by atoms with van der Waals surface area (Å²) in [6.45, 7) is 1.72. The van der Waals surface area contributed by atoms with Crippen LogP contribution in [0.5, 0.6) is 0 Å². The van der Waals surface area contributed by atoms with Gasteiger partial charge in [-0.3, -0.25) is 0 Å². The number of nitrogens with two attached hydrogens (primary N) is 1. The van der Waals surface area contributed by atoms with Crippen molar-refractivity contribution in [3.63, 3.8) is 0 Å². The van der Waals surface area contributed by atoms with Crippen molar-refractivity contribution in [1.82, 2.24) is 0 Å². The van der Waals surface area contributed by atoms with Crippen LogP contribution in [0.4, 0.5) is 4.39 Å². The molecule has 3 nitrogen and oxygen atoms in total. The minimum Gasteiger partial charge on any atom is -0.464 e. The summed E-state index contributed by atoms with van der Waals surface area (Å²) >= 11 is 8.98. The number of alkyl halides is 1. The van der Waals surface area contributed by atoms with Crippen LogP contribution >= 0.6 is 27.5 Å². The summed E-state index contributed by atoms with van der Waals surface area (Å²) in [5.41, 5.74) is 6.14.